The number of benzene rings is 1. The molecule has 1 amide bonds. The molecule has 0 radical (unpaired) electrons. The fourth-order valence-electron chi connectivity index (χ4n) is 1.95. The van der Waals surface area contributed by atoms with E-state index in [2.05, 4.69) is 10.6 Å². The third-order valence-corrected chi connectivity index (χ3v) is 2.84. The summed E-state index contributed by atoms with van der Waals surface area (Å²) in [5, 5.41) is 5.70. The van der Waals surface area contributed by atoms with Crippen molar-refractivity contribution in [1.29, 1.82) is 0 Å². The van der Waals surface area contributed by atoms with Gasteiger partial charge in [-0.15, -0.1) is 0 Å². The van der Waals surface area contributed by atoms with Crippen LogP contribution in [-0.4, -0.2) is 19.0 Å². The van der Waals surface area contributed by atoms with Gasteiger partial charge in [0.25, 0.3) is 0 Å². The van der Waals surface area contributed by atoms with Crippen LogP contribution in [0.3, 0.4) is 0 Å². The summed E-state index contributed by atoms with van der Waals surface area (Å²) in [5.74, 6) is -1.63. The molecule has 1 saturated heterocycles. The molecule has 5 heteroatoms. The third-order valence-electron chi connectivity index (χ3n) is 2.84. The molecule has 17 heavy (non-hydrogen) atoms. The Kier molecular flexibility index (Phi) is 3.68. The van der Waals surface area contributed by atoms with Gasteiger partial charge in [0.05, 0.1) is 0 Å². The number of nitrogens with one attached hydrogen (secondary N) is 2. The molecule has 1 heterocycles. The molecule has 0 atom stereocenters. The monoisotopic (exact) mass is 240 g/mol. The number of piperidine rings is 1. The number of rotatable bonds is 2. The first-order chi connectivity index (χ1) is 8.15. The molecule has 2 rings (SSSR count). The minimum atomic E-state index is -0.689. The molecule has 1 aliphatic heterocycles. The molecule has 3 nitrogen and oxygen atoms in total. The lowest BCUT2D eigenvalue weighted by Gasteiger charge is -2.21. The van der Waals surface area contributed by atoms with Crippen molar-refractivity contribution in [2.24, 2.45) is 5.92 Å². The van der Waals surface area contributed by atoms with Crippen molar-refractivity contribution in [1.82, 2.24) is 5.32 Å². The molecular weight excluding hydrogens is 226 g/mol. The molecule has 0 aromatic heterocycles. The summed E-state index contributed by atoms with van der Waals surface area (Å²) in [5.41, 5.74) is 0.172. The van der Waals surface area contributed by atoms with Gasteiger partial charge in [0.15, 0.2) is 0 Å². The Labute approximate surface area is 98.2 Å². The van der Waals surface area contributed by atoms with Gasteiger partial charge in [-0.25, -0.2) is 8.78 Å². The largest absolute Gasteiger partial charge is 0.326 e. The lowest BCUT2D eigenvalue weighted by atomic mass is 9.97. The molecule has 0 saturated carbocycles. The Hall–Kier alpha value is -1.49. The van der Waals surface area contributed by atoms with Crippen molar-refractivity contribution in [2.45, 2.75) is 12.8 Å². The van der Waals surface area contributed by atoms with Gasteiger partial charge in [-0.3, -0.25) is 4.79 Å². The number of halogens is 2. The van der Waals surface area contributed by atoms with Crippen LogP contribution < -0.4 is 10.6 Å². The molecular formula is C12H14F2N2O. The second-order valence-electron chi connectivity index (χ2n) is 4.17. The number of carbonyl (C=O) groups excluding carboxylic acids is 1. The molecule has 0 unspecified atom stereocenters. The lowest BCUT2D eigenvalue weighted by Crippen LogP contribution is -2.34. The summed E-state index contributed by atoms with van der Waals surface area (Å²) in [6.07, 6.45) is 1.51. The average molecular weight is 240 g/mol. The summed E-state index contributed by atoms with van der Waals surface area (Å²) >= 11 is 0. The standard InChI is InChI=1S/C12H14F2N2O/c13-9-5-10(14)7-11(6-9)16-12(17)8-1-3-15-4-2-8/h5-8,15H,1-4H2,(H,16,17). The Bertz CT molecular complexity index is 397. The average Bonchev–Trinajstić information content (AvgIpc) is 2.28. The SMILES string of the molecule is O=C(Nc1cc(F)cc(F)c1)C1CCNCC1. The van der Waals surface area contributed by atoms with E-state index in [4.69, 9.17) is 0 Å². The van der Waals surface area contributed by atoms with E-state index in [0.29, 0.717) is 0 Å². The summed E-state index contributed by atoms with van der Waals surface area (Å²) in [7, 11) is 0. The number of amides is 1. The molecule has 2 N–H and O–H groups in total. The van der Waals surface area contributed by atoms with Crippen LogP contribution in [-0.2, 0) is 4.79 Å². The highest BCUT2D eigenvalue weighted by Crippen LogP contribution is 2.17. The minimum absolute atomic E-state index is 0.0809. The van der Waals surface area contributed by atoms with E-state index >= 15 is 0 Å². The predicted octanol–water partition coefficient (Wildman–Crippen LogP) is 1.90. The van der Waals surface area contributed by atoms with Crippen molar-refractivity contribution in [3.63, 3.8) is 0 Å². The number of hydrogen-bond donors (Lipinski definition) is 2. The quantitative estimate of drug-likeness (QED) is 0.829. The molecule has 1 aliphatic rings. The molecule has 1 aromatic rings. The van der Waals surface area contributed by atoms with E-state index in [9.17, 15) is 13.6 Å². The molecule has 1 aromatic carbocycles. The first-order valence-corrected chi connectivity index (χ1v) is 5.63. The topological polar surface area (TPSA) is 41.1 Å². The zero-order chi connectivity index (χ0) is 12.3. The predicted molar refractivity (Wildman–Crippen MR) is 60.6 cm³/mol. The van der Waals surface area contributed by atoms with Crippen LogP contribution in [0.2, 0.25) is 0 Å². The lowest BCUT2D eigenvalue weighted by molar-refractivity contribution is -0.120. The van der Waals surface area contributed by atoms with Gasteiger partial charge < -0.3 is 10.6 Å². The van der Waals surface area contributed by atoms with Crippen molar-refractivity contribution >= 4 is 11.6 Å². The minimum Gasteiger partial charge on any atom is -0.326 e. The van der Waals surface area contributed by atoms with E-state index in [1.165, 1.54) is 0 Å². The van der Waals surface area contributed by atoms with Crippen molar-refractivity contribution in [3.8, 4) is 0 Å². The second-order valence-corrected chi connectivity index (χ2v) is 4.17. The normalized spacial score (nSPS) is 16.8. The first kappa shape index (κ1) is 12.0. The summed E-state index contributed by atoms with van der Waals surface area (Å²) in [6, 6.07) is 3.00. The van der Waals surface area contributed by atoms with E-state index in [0.717, 1.165) is 44.1 Å². The maximum atomic E-state index is 12.9. The van der Waals surface area contributed by atoms with Crippen LogP contribution in [0.5, 0.6) is 0 Å². The Morgan fingerprint density at radius 3 is 2.35 bits per heavy atom. The van der Waals surface area contributed by atoms with Crippen molar-refractivity contribution < 1.29 is 13.6 Å². The number of anilines is 1. The molecule has 0 aliphatic carbocycles. The Balaban J connectivity index is 2.01. The van der Waals surface area contributed by atoms with Crippen molar-refractivity contribution in [3.05, 3.63) is 29.8 Å². The van der Waals surface area contributed by atoms with Crippen LogP contribution in [0.15, 0.2) is 18.2 Å². The van der Waals surface area contributed by atoms with E-state index in [1.54, 1.807) is 0 Å². The molecule has 0 bridgehead atoms. The van der Waals surface area contributed by atoms with Gasteiger partial charge in [0.2, 0.25) is 5.91 Å². The van der Waals surface area contributed by atoms with Gasteiger partial charge >= 0.3 is 0 Å². The van der Waals surface area contributed by atoms with Crippen LogP contribution >= 0.6 is 0 Å². The number of carbonyl (C=O) groups is 1. The van der Waals surface area contributed by atoms with Crippen LogP contribution in [0.1, 0.15) is 12.8 Å². The number of hydrogen-bond acceptors (Lipinski definition) is 2. The maximum absolute atomic E-state index is 12.9. The van der Waals surface area contributed by atoms with Crippen LogP contribution in [0.25, 0.3) is 0 Å². The summed E-state index contributed by atoms with van der Waals surface area (Å²) < 4.78 is 25.8. The van der Waals surface area contributed by atoms with Crippen molar-refractivity contribution in [2.75, 3.05) is 18.4 Å². The summed E-state index contributed by atoms with van der Waals surface area (Å²) in [4.78, 5) is 11.8. The highest BCUT2D eigenvalue weighted by molar-refractivity contribution is 5.92. The first-order valence-electron chi connectivity index (χ1n) is 5.63. The fourth-order valence-corrected chi connectivity index (χ4v) is 1.95. The van der Waals surface area contributed by atoms with Gasteiger partial charge in [0, 0.05) is 17.7 Å². The van der Waals surface area contributed by atoms with Gasteiger partial charge in [-0.1, -0.05) is 0 Å². The smallest absolute Gasteiger partial charge is 0.227 e. The van der Waals surface area contributed by atoms with Gasteiger partial charge in [-0.05, 0) is 38.1 Å². The summed E-state index contributed by atoms with van der Waals surface area (Å²) in [6.45, 7) is 1.60. The van der Waals surface area contributed by atoms with Crippen LogP contribution in [0, 0.1) is 17.6 Å². The Morgan fingerprint density at radius 2 is 1.76 bits per heavy atom. The zero-order valence-electron chi connectivity index (χ0n) is 9.30. The Morgan fingerprint density at radius 1 is 1.18 bits per heavy atom. The van der Waals surface area contributed by atoms with Gasteiger partial charge in [-0.2, -0.15) is 0 Å². The van der Waals surface area contributed by atoms with E-state index in [-0.39, 0.29) is 17.5 Å². The third kappa shape index (κ3) is 3.23. The maximum Gasteiger partial charge on any atom is 0.227 e. The fraction of sp³-hybridized carbons (Fsp3) is 0.417. The van der Waals surface area contributed by atoms with E-state index in [1.807, 2.05) is 0 Å². The highest BCUT2D eigenvalue weighted by Gasteiger charge is 2.21. The van der Waals surface area contributed by atoms with Crippen LogP contribution in [0.4, 0.5) is 14.5 Å². The molecule has 92 valence electrons. The zero-order valence-corrected chi connectivity index (χ0v) is 9.30. The van der Waals surface area contributed by atoms with E-state index < -0.39 is 11.6 Å². The molecule has 0 spiro atoms. The second kappa shape index (κ2) is 5.23. The highest BCUT2D eigenvalue weighted by atomic mass is 19.1. The molecule has 1 fully saturated rings. The van der Waals surface area contributed by atoms with Gasteiger partial charge in [0.1, 0.15) is 11.6 Å².